The van der Waals surface area contributed by atoms with Crippen molar-refractivity contribution in [1.29, 1.82) is 0 Å². The Balaban J connectivity index is 1.80. The van der Waals surface area contributed by atoms with Crippen molar-refractivity contribution in [3.8, 4) is 0 Å². The van der Waals surface area contributed by atoms with Gasteiger partial charge in [-0.3, -0.25) is 14.3 Å². The first-order chi connectivity index (χ1) is 12.7. The van der Waals surface area contributed by atoms with Gasteiger partial charge in [0.15, 0.2) is 5.03 Å². The monoisotopic (exact) mass is 392 g/mol. The fourth-order valence-electron chi connectivity index (χ4n) is 2.77. The molecule has 3 aromatic rings. The number of hydrogen-bond donors (Lipinski definition) is 2. The molecule has 3 heterocycles. The Kier molecular flexibility index (Phi) is 4.98. The van der Waals surface area contributed by atoms with E-state index in [0.717, 1.165) is 4.57 Å². The zero-order valence-corrected chi connectivity index (χ0v) is 15.9. The van der Waals surface area contributed by atoms with E-state index in [0.29, 0.717) is 5.82 Å². The van der Waals surface area contributed by atoms with E-state index in [4.69, 9.17) is 0 Å². The van der Waals surface area contributed by atoms with E-state index in [1.54, 1.807) is 23.7 Å². The molecule has 0 spiro atoms. The highest BCUT2D eigenvalue weighted by Gasteiger charge is 2.20. The van der Waals surface area contributed by atoms with Gasteiger partial charge in [-0.1, -0.05) is 13.8 Å². The molecule has 0 saturated heterocycles. The Morgan fingerprint density at radius 3 is 2.70 bits per heavy atom. The third-order valence-corrected chi connectivity index (χ3v) is 5.39. The van der Waals surface area contributed by atoms with Gasteiger partial charge in [-0.05, 0) is 12.1 Å². The fraction of sp³-hybridized carbons (Fsp3) is 0.375. The SMILES string of the molecule is CC(C)c1nc(S(=O)(=O)NCCn2c(=O)[nH]c3ncccc3c2=O)cn1C. The summed E-state index contributed by atoms with van der Waals surface area (Å²) in [6, 6.07) is 3.13. The van der Waals surface area contributed by atoms with Gasteiger partial charge in [0.05, 0.1) is 5.39 Å². The Hall–Kier alpha value is -2.79. The number of aromatic amines is 1. The number of H-pyrrole nitrogens is 1. The van der Waals surface area contributed by atoms with Crippen molar-refractivity contribution >= 4 is 21.1 Å². The molecular weight excluding hydrogens is 372 g/mol. The molecular formula is C16H20N6O4S. The number of fused-ring (bicyclic) bond motifs is 1. The number of imidazole rings is 1. The highest BCUT2D eigenvalue weighted by atomic mass is 32.2. The Morgan fingerprint density at radius 1 is 1.30 bits per heavy atom. The first-order valence-electron chi connectivity index (χ1n) is 8.31. The molecule has 11 heteroatoms. The van der Waals surface area contributed by atoms with Gasteiger partial charge in [-0.25, -0.2) is 27.9 Å². The molecule has 0 bridgehead atoms. The van der Waals surface area contributed by atoms with Crippen LogP contribution in [0.5, 0.6) is 0 Å². The van der Waals surface area contributed by atoms with Crippen LogP contribution in [-0.4, -0.2) is 39.0 Å². The second kappa shape index (κ2) is 7.08. The van der Waals surface area contributed by atoms with Gasteiger partial charge in [-0.2, -0.15) is 0 Å². The van der Waals surface area contributed by atoms with E-state index < -0.39 is 21.3 Å². The van der Waals surface area contributed by atoms with Crippen molar-refractivity contribution in [2.24, 2.45) is 7.05 Å². The quantitative estimate of drug-likeness (QED) is 0.603. The summed E-state index contributed by atoms with van der Waals surface area (Å²) in [6.45, 7) is 3.58. The molecule has 0 unspecified atom stereocenters. The van der Waals surface area contributed by atoms with E-state index in [1.165, 1.54) is 12.4 Å². The van der Waals surface area contributed by atoms with Crippen LogP contribution in [0.2, 0.25) is 0 Å². The number of nitrogens with one attached hydrogen (secondary N) is 2. The maximum atomic E-state index is 12.4. The minimum Gasteiger partial charge on any atom is -0.336 e. The molecule has 0 amide bonds. The van der Waals surface area contributed by atoms with Gasteiger partial charge in [0, 0.05) is 38.4 Å². The Labute approximate surface area is 155 Å². The minimum absolute atomic E-state index is 0.0716. The van der Waals surface area contributed by atoms with E-state index in [9.17, 15) is 18.0 Å². The van der Waals surface area contributed by atoms with Crippen LogP contribution in [0.1, 0.15) is 25.6 Å². The highest BCUT2D eigenvalue weighted by Crippen LogP contribution is 2.15. The number of aryl methyl sites for hydroxylation is 1. The fourth-order valence-corrected chi connectivity index (χ4v) is 3.79. The van der Waals surface area contributed by atoms with Gasteiger partial charge >= 0.3 is 5.69 Å². The van der Waals surface area contributed by atoms with Crippen molar-refractivity contribution in [2.75, 3.05) is 6.54 Å². The largest absolute Gasteiger partial charge is 0.336 e. The Bertz CT molecular complexity index is 1210. The van der Waals surface area contributed by atoms with Crippen LogP contribution in [0.15, 0.2) is 39.1 Å². The molecule has 0 saturated carbocycles. The van der Waals surface area contributed by atoms with E-state index >= 15 is 0 Å². The lowest BCUT2D eigenvalue weighted by Crippen LogP contribution is -2.39. The summed E-state index contributed by atoms with van der Waals surface area (Å²) >= 11 is 0. The molecule has 0 aliphatic heterocycles. The van der Waals surface area contributed by atoms with Crippen molar-refractivity contribution in [2.45, 2.75) is 31.3 Å². The summed E-state index contributed by atoms with van der Waals surface area (Å²) in [4.78, 5) is 35.1. The van der Waals surface area contributed by atoms with E-state index in [1.807, 2.05) is 13.8 Å². The normalized spacial score (nSPS) is 12.1. The van der Waals surface area contributed by atoms with Crippen molar-refractivity contribution in [3.05, 3.63) is 51.2 Å². The zero-order valence-electron chi connectivity index (χ0n) is 15.1. The lowest BCUT2D eigenvalue weighted by Gasteiger charge is -2.07. The molecule has 3 aromatic heterocycles. The summed E-state index contributed by atoms with van der Waals surface area (Å²) in [5.41, 5.74) is -0.981. The Morgan fingerprint density at radius 2 is 2.04 bits per heavy atom. The molecule has 0 atom stereocenters. The van der Waals surface area contributed by atoms with Crippen LogP contribution in [0.25, 0.3) is 11.0 Å². The number of rotatable bonds is 6. The average molecular weight is 392 g/mol. The molecule has 0 aromatic carbocycles. The van der Waals surface area contributed by atoms with Gasteiger partial charge in [0.1, 0.15) is 11.5 Å². The number of sulfonamides is 1. The summed E-state index contributed by atoms with van der Waals surface area (Å²) in [5.74, 6) is 0.715. The predicted molar refractivity (Wildman–Crippen MR) is 99.1 cm³/mol. The smallest absolute Gasteiger partial charge is 0.330 e. The van der Waals surface area contributed by atoms with Gasteiger partial charge in [0.2, 0.25) is 0 Å². The molecule has 0 fully saturated rings. The topological polar surface area (TPSA) is 132 Å². The molecule has 0 radical (unpaired) electrons. The average Bonchev–Trinajstić information content (AvgIpc) is 3.01. The highest BCUT2D eigenvalue weighted by molar-refractivity contribution is 7.89. The molecule has 10 nitrogen and oxygen atoms in total. The molecule has 0 aliphatic carbocycles. The third kappa shape index (κ3) is 3.69. The third-order valence-electron chi connectivity index (χ3n) is 4.06. The standard InChI is InChI=1S/C16H20N6O4S/c1-10(2)14-19-12(9-21(14)3)27(25,26)18-7-8-22-15(23)11-5-4-6-17-13(11)20-16(22)24/h4-6,9-10,18H,7-8H2,1-3H3,(H,17,20,24). The number of aromatic nitrogens is 5. The number of nitrogens with zero attached hydrogens (tertiary/aromatic N) is 4. The second-order valence-corrected chi connectivity index (χ2v) is 8.10. The lowest BCUT2D eigenvalue weighted by atomic mass is 10.2. The van der Waals surface area contributed by atoms with Crippen molar-refractivity contribution in [3.63, 3.8) is 0 Å². The van der Waals surface area contributed by atoms with Crippen LogP contribution in [0.3, 0.4) is 0 Å². The predicted octanol–water partition coefficient (Wildman–Crippen LogP) is -0.0798. The van der Waals surface area contributed by atoms with Crippen LogP contribution in [0, 0.1) is 0 Å². The lowest BCUT2D eigenvalue weighted by molar-refractivity contribution is 0.562. The molecule has 27 heavy (non-hydrogen) atoms. The molecule has 3 rings (SSSR count). The van der Waals surface area contributed by atoms with E-state index in [-0.39, 0.29) is 35.1 Å². The van der Waals surface area contributed by atoms with Crippen LogP contribution in [0.4, 0.5) is 0 Å². The molecule has 0 aliphatic rings. The van der Waals surface area contributed by atoms with Gasteiger partial charge < -0.3 is 4.57 Å². The van der Waals surface area contributed by atoms with Crippen LogP contribution < -0.4 is 16.0 Å². The number of pyridine rings is 1. The van der Waals surface area contributed by atoms with Gasteiger partial charge in [-0.15, -0.1) is 0 Å². The van der Waals surface area contributed by atoms with E-state index in [2.05, 4.69) is 19.7 Å². The summed E-state index contributed by atoms with van der Waals surface area (Å²) in [7, 11) is -2.13. The maximum absolute atomic E-state index is 12.4. The first kappa shape index (κ1) is 19.0. The zero-order chi connectivity index (χ0) is 19.8. The first-order valence-corrected chi connectivity index (χ1v) is 9.80. The van der Waals surface area contributed by atoms with Crippen LogP contribution in [-0.2, 0) is 23.6 Å². The van der Waals surface area contributed by atoms with Gasteiger partial charge in [0.25, 0.3) is 15.6 Å². The molecule has 2 N–H and O–H groups in total. The maximum Gasteiger partial charge on any atom is 0.330 e. The second-order valence-electron chi connectivity index (χ2n) is 6.39. The number of hydrogen-bond acceptors (Lipinski definition) is 6. The van der Waals surface area contributed by atoms with Crippen molar-refractivity contribution < 1.29 is 8.42 Å². The molecule has 144 valence electrons. The summed E-state index contributed by atoms with van der Waals surface area (Å²) in [5, 5.41) is 0.156. The van der Waals surface area contributed by atoms with Crippen molar-refractivity contribution in [1.82, 2.24) is 28.8 Å². The summed E-state index contributed by atoms with van der Waals surface area (Å²) < 4.78 is 29.8. The van der Waals surface area contributed by atoms with Crippen LogP contribution >= 0.6 is 0 Å². The minimum atomic E-state index is -3.86. The summed E-state index contributed by atoms with van der Waals surface area (Å²) in [6.07, 6.45) is 2.90.